The molecule has 1 aliphatic heterocycles. The monoisotopic (exact) mass is 430 g/mol. The first-order chi connectivity index (χ1) is 10.0. The van der Waals surface area contributed by atoms with Crippen LogP contribution < -0.4 is 9.47 Å². The molecule has 0 fully saturated rings. The Morgan fingerprint density at radius 2 is 1.90 bits per heavy atom. The summed E-state index contributed by atoms with van der Waals surface area (Å²) in [7, 11) is 0. The van der Waals surface area contributed by atoms with Crippen molar-refractivity contribution in [1.29, 1.82) is 0 Å². The lowest BCUT2D eigenvalue weighted by Gasteiger charge is -2.08. The van der Waals surface area contributed by atoms with E-state index in [1.54, 1.807) is 18.2 Å². The fourth-order valence-corrected chi connectivity index (χ4v) is 3.99. The highest BCUT2D eigenvalue weighted by atomic mass is 79.9. The first-order valence-corrected chi connectivity index (χ1v) is 8.84. The third kappa shape index (κ3) is 3.17. The molecule has 0 N–H and O–H groups in total. The summed E-state index contributed by atoms with van der Waals surface area (Å²) in [5.41, 5.74) is 0.605. The average Bonchev–Trinajstić information content (AvgIpc) is 2.70. The molecular formula is C15H12Br2O3S. The molecule has 0 saturated heterocycles. The molecule has 0 bridgehead atoms. The van der Waals surface area contributed by atoms with Crippen LogP contribution in [0.15, 0.2) is 32.5 Å². The Kier molecular flexibility index (Phi) is 4.38. The molecule has 2 aromatic rings. The molecule has 1 aromatic heterocycles. The molecule has 1 unspecified atom stereocenters. The second-order valence-electron chi connectivity index (χ2n) is 4.95. The van der Waals surface area contributed by atoms with Crippen LogP contribution in [0.5, 0.6) is 11.5 Å². The van der Waals surface area contributed by atoms with Gasteiger partial charge < -0.3 is 9.47 Å². The predicted octanol–water partition coefficient (Wildman–Crippen LogP) is 4.91. The van der Waals surface area contributed by atoms with Crippen molar-refractivity contribution in [3.05, 3.63) is 43.0 Å². The van der Waals surface area contributed by atoms with E-state index in [1.165, 1.54) is 11.3 Å². The molecule has 1 aliphatic rings. The SMILES string of the molecule is CC1COc2ccc(C(=O)c3cc(Br)c(Br)s3)cc2OC1. The molecular weight excluding hydrogens is 420 g/mol. The maximum atomic E-state index is 12.5. The highest BCUT2D eigenvalue weighted by Gasteiger charge is 2.19. The van der Waals surface area contributed by atoms with Crippen molar-refractivity contribution in [3.63, 3.8) is 0 Å². The quantitative estimate of drug-likeness (QED) is 0.633. The summed E-state index contributed by atoms with van der Waals surface area (Å²) in [6.45, 7) is 3.30. The third-order valence-corrected chi connectivity index (χ3v) is 6.38. The lowest BCUT2D eigenvalue weighted by atomic mass is 10.1. The van der Waals surface area contributed by atoms with Crippen molar-refractivity contribution >= 4 is 49.0 Å². The fraction of sp³-hybridized carbons (Fsp3) is 0.267. The van der Waals surface area contributed by atoms with Gasteiger partial charge in [0.25, 0.3) is 0 Å². The Bertz CT molecular complexity index is 677. The van der Waals surface area contributed by atoms with Crippen molar-refractivity contribution in [2.24, 2.45) is 5.92 Å². The third-order valence-electron chi connectivity index (χ3n) is 3.12. The number of halogens is 2. The van der Waals surface area contributed by atoms with Gasteiger partial charge in [-0.2, -0.15) is 0 Å². The molecule has 3 nitrogen and oxygen atoms in total. The highest BCUT2D eigenvalue weighted by molar-refractivity contribution is 9.13. The first kappa shape index (κ1) is 15.1. The van der Waals surface area contributed by atoms with Crippen molar-refractivity contribution in [1.82, 2.24) is 0 Å². The van der Waals surface area contributed by atoms with E-state index in [4.69, 9.17) is 9.47 Å². The summed E-state index contributed by atoms with van der Waals surface area (Å²) in [6, 6.07) is 7.17. The predicted molar refractivity (Wildman–Crippen MR) is 89.7 cm³/mol. The number of thiophene rings is 1. The number of carbonyl (C=O) groups excluding carboxylic acids is 1. The Labute approximate surface area is 143 Å². The van der Waals surface area contributed by atoms with Crippen LogP contribution in [0.3, 0.4) is 0 Å². The van der Waals surface area contributed by atoms with Crippen molar-refractivity contribution in [3.8, 4) is 11.5 Å². The zero-order valence-electron chi connectivity index (χ0n) is 11.2. The van der Waals surface area contributed by atoms with Crippen LogP contribution in [-0.4, -0.2) is 19.0 Å². The van der Waals surface area contributed by atoms with Gasteiger partial charge in [0.15, 0.2) is 11.5 Å². The van der Waals surface area contributed by atoms with Gasteiger partial charge in [-0.15, -0.1) is 11.3 Å². The largest absolute Gasteiger partial charge is 0.489 e. The topological polar surface area (TPSA) is 35.5 Å². The van der Waals surface area contributed by atoms with Crippen molar-refractivity contribution in [2.75, 3.05) is 13.2 Å². The van der Waals surface area contributed by atoms with Gasteiger partial charge in [0.1, 0.15) is 0 Å². The molecule has 6 heteroatoms. The second-order valence-corrected chi connectivity index (χ2v) is 8.17. The van der Waals surface area contributed by atoms with E-state index in [9.17, 15) is 4.79 Å². The standard InChI is InChI=1S/C15H12Br2O3S/c1-8-6-19-11-3-2-9(4-12(11)20-7-8)14(18)13-5-10(16)15(17)21-13/h2-5,8H,6-7H2,1H3. The van der Waals surface area contributed by atoms with Crippen LogP contribution in [0.4, 0.5) is 0 Å². The molecule has 0 radical (unpaired) electrons. The van der Waals surface area contributed by atoms with Crippen LogP contribution in [0.25, 0.3) is 0 Å². The maximum Gasteiger partial charge on any atom is 0.203 e. The van der Waals surface area contributed by atoms with Gasteiger partial charge in [0.05, 0.1) is 21.9 Å². The summed E-state index contributed by atoms with van der Waals surface area (Å²) in [5.74, 6) is 1.65. The Morgan fingerprint density at radius 1 is 1.19 bits per heavy atom. The Morgan fingerprint density at radius 3 is 2.57 bits per heavy atom. The average molecular weight is 432 g/mol. The minimum absolute atomic E-state index is 0.0184. The molecule has 0 amide bonds. The normalized spacial score (nSPS) is 17.4. The summed E-state index contributed by atoms with van der Waals surface area (Å²) < 4.78 is 13.2. The number of benzene rings is 1. The van der Waals surface area contributed by atoms with Gasteiger partial charge in [0, 0.05) is 16.0 Å². The highest BCUT2D eigenvalue weighted by Crippen LogP contribution is 2.36. The molecule has 0 aliphatic carbocycles. The number of hydrogen-bond donors (Lipinski definition) is 0. The van der Waals surface area contributed by atoms with E-state index in [-0.39, 0.29) is 5.78 Å². The lowest BCUT2D eigenvalue weighted by Crippen LogP contribution is -2.12. The Hall–Kier alpha value is -0.850. The van der Waals surface area contributed by atoms with E-state index in [1.807, 2.05) is 6.07 Å². The van der Waals surface area contributed by atoms with Gasteiger partial charge in [-0.1, -0.05) is 6.92 Å². The zero-order valence-corrected chi connectivity index (χ0v) is 15.2. The number of carbonyl (C=O) groups is 1. The van der Waals surface area contributed by atoms with Gasteiger partial charge in [-0.3, -0.25) is 4.79 Å². The molecule has 2 heterocycles. The van der Waals surface area contributed by atoms with Crippen LogP contribution in [0.2, 0.25) is 0 Å². The van der Waals surface area contributed by atoms with E-state index in [0.29, 0.717) is 41.1 Å². The fourth-order valence-electron chi connectivity index (χ4n) is 1.99. The molecule has 3 rings (SSSR count). The van der Waals surface area contributed by atoms with Gasteiger partial charge >= 0.3 is 0 Å². The van der Waals surface area contributed by atoms with Gasteiger partial charge in [-0.25, -0.2) is 0 Å². The van der Waals surface area contributed by atoms with E-state index < -0.39 is 0 Å². The summed E-state index contributed by atoms with van der Waals surface area (Å²) >= 11 is 8.22. The number of rotatable bonds is 2. The van der Waals surface area contributed by atoms with Gasteiger partial charge in [0.2, 0.25) is 5.78 Å². The van der Waals surface area contributed by atoms with Gasteiger partial charge in [-0.05, 0) is 56.1 Å². The molecule has 1 atom stereocenters. The van der Waals surface area contributed by atoms with Crippen molar-refractivity contribution in [2.45, 2.75) is 6.92 Å². The molecule has 0 saturated carbocycles. The minimum Gasteiger partial charge on any atom is -0.489 e. The van der Waals surface area contributed by atoms with E-state index in [2.05, 4.69) is 38.8 Å². The zero-order chi connectivity index (χ0) is 15.0. The number of ketones is 1. The number of hydrogen-bond acceptors (Lipinski definition) is 4. The first-order valence-electron chi connectivity index (χ1n) is 6.44. The van der Waals surface area contributed by atoms with E-state index in [0.717, 1.165) is 8.26 Å². The van der Waals surface area contributed by atoms with Crippen LogP contribution in [0.1, 0.15) is 22.2 Å². The number of ether oxygens (including phenoxy) is 2. The van der Waals surface area contributed by atoms with Crippen LogP contribution in [0, 0.1) is 5.92 Å². The second kappa shape index (κ2) is 6.10. The van der Waals surface area contributed by atoms with E-state index >= 15 is 0 Å². The van der Waals surface area contributed by atoms with Crippen LogP contribution >= 0.6 is 43.2 Å². The molecule has 0 spiro atoms. The maximum absolute atomic E-state index is 12.5. The summed E-state index contributed by atoms with van der Waals surface area (Å²) in [6.07, 6.45) is 0. The Balaban J connectivity index is 1.91. The lowest BCUT2D eigenvalue weighted by molar-refractivity contribution is 0.104. The smallest absolute Gasteiger partial charge is 0.203 e. The summed E-state index contributed by atoms with van der Waals surface area (Å²) in [5, 5.41) is 0. The van der Waals surface area contributed by atoms with Crippen LogP contribution in [-0.2, 0) is 0 Å². The molecule has 110 valence electrons. The summed E-state index contributed by atoms with van der Waals surface area (Å²) in [4.78, 5) is 13.2. The molecule has 21 heavy (non-hydrogen) atoms. The minimum atomic E-state index is -0.0184. The number of fused-ring (bicyclic) bond motifs is 1. The van der Waals surface area contributed by atoms with Crippen molar-refractivity contribution < 1.29 is 14.3 Å². The molecule has 1 aromatic carbocycles.